The molecule has 2 aliphatic rings. The zero-order valence-corrected chi connectivity index (χ0v) is 20.2. The van der Waals surface area contributed by atoms with E-state index in [1.807, 2.05) is 30.3 Å². The van der Waals surface area contributed by atoms with Crippen LogP contribution in [0.3, 0.4) is 0 Å². The highest BCUT2D eigenvalue weighted by Gasteiger charge is 2.41. The minimum Gasteiger partial charge on any atom is -0.504 e. The van der Waals surface area contributed by atoms with E-state index in [1.165, 1.54) is 0 Å². The van der Waals surface area contributed by atoms with Crippen molar-refractivity contribution in [1.29, 1.82) is 0 Å². The van der Waals surface area contributed by atoms with Crippen LogP contribution in [0.1, 0.15) is 50.3 Å². The van der Waals surface area contributed by atoms with E-state index in [0.29, 0.717) is 29.7 Å². The van der Waals surface area contributed by atoms with E-state index in [4.69, 9.17) is 19.2 Å². The molecule has 2 aromatic rings. The number of aromatic hydroxyl groups is 1. The molecule has 0 unspecified atom stereocenters. The molecule has 1 fully saturated rings. The van der Waals surface area contributed by atoms with Gasteiger partial charge in [0.15, 0.2) is 23.0 Å². The van der Waals surface area contributed by atoms with Crippen LogP contribution >= 0.6 is 0 Å². The molecule has 2 aromatic carbocycles. The van der Waals surface area contributed by atoms with Gasteiger partial charge in [0.25, 0.3) is 0 Å². The summed E-state index contributed by atoms with van der Waals surface area (Å²) in [5, 5.41) is 14.7. The van der Waals surface area contributed by atoms with Crippen LogP contribution in [0, 0.1) is 0 Å². The molecule has 7 nitrogen and oxygen atoms in total. The first-order valence-corrected chi connectivity index (χ1v) is 11.6. The Morgan fingerprint density at radius 2 is 1.70 bits per heavy atom. The van der Waals surface area contributed by atoms with Gasteiger partial charge in [-0.3, -0.25) is 10.3 Å². The number of para-hydroxylation sites is 1. The Bertz CT molecular complexity index is 1010. The number of aliphatic imine (C=N–C) groups is 1. The Labute approximate surface area is 196 Å². The van der Waals surface area contributed by atoms with Crippen LogP contribution < -0.4 is 19.5 Å². The fourth-order valence-electron chi connectivity index (χ4n) is 4.94. The smallest absolute Gasteiger partial charge is 0.162 e. The Balaban J connectivity index is 1.74. The standard InChI is InChI=1S/C26H35N3O4/c1-17(2)29-13-11-26(12-14-29)27-20(18-9-10-22(31-3)24(15-18)33-5)16-21(28-26)19-7-6-8-23(32-4)25(19)30/h6-10,15,17,21,28,30H,11-14,16H2,1-5H3/t21-/m0/s1. The van der Waals surface area contributed by atoms with Gasteiger partial charge in [0.1, 0.15) is 5.66 Å². The summed E-state index contributed by atoms with van der Waals surface area (Å²) in [7, 11) is 4.86. The summed E-state index contributed by atoms with van der Waals surface area (Å²) < 4.78 is 16.3. The number of nitrogens with one attached hydrogen (secondary N) is 1. The molecule has 0 saturated carbocycles. The molecule has 2 N–H and O–H groups in total. The van der Waals surface area contributed by atoms with Crippen LogP contribution in [0.5, 0.6) is 23.0 Å². The topological polar surface area (TPSA) is 75.6 Å². The normalized spacial score (nSPS) is 20.5. The largest absolute Gasteiger partial charge is 0.504 e. The van der Waals surface area contributed by atoms with Gasteiger partial charge in [0, 0.05) is 42.9 Å². The zero-order valence-electron chi connectivity index (χ0n) is 20.2. The Morgan fingerprint density at radius 3 is 2.33 bits per heavy atom. The summed E-state index contributed by atoms with van der Waals surface area (Å²) in [6, 6.07) is 12.0. The minimum atomic E-state index is -0.383. The maximum Gasteiger partial charge on any atom is 0.162 e. The lowest BCUT2D eigenvalue weighted by Crippen LogP contribution is -2.56. The number of rotatable bonds is 6. The summed E-state index contributed by atoms with van der Waals surface area (Å²) in [5.41, 5.74) is 2.45. The van der Waals surface area contributed by atoms with Crippen molar-refractivity contribution in [3.63, 3.8) is 0 Å². The molecule has 1 saturated heterocycles. The van der Waals surface area contributed by atoms with E-state index in [2.05, 4.69) is 24.1 Å². The molecule has 7 heteroatoms. The van der Waals surface area contributed by atoms with Crippen molar-refractivity contribution in [2.75, 3.05) is 34.4 Å². The highest BCUT2D eigenvalue weighted by Crippen LogP contribution is 2.41. The summed E-state index contributed by atoms with van der Waals surface area (Å²) in [6.07, 6.45) is 2.46. The third-order valence-corrected chi connectivity index (χ3v) is 6.89. The van der Waals surface area contributed by atoms with Crippen molar-refractivity contribution < 1.29 is 19.3 Å². The summed E-state index contributed by atoms with van der Waals surface area (Å²) in [4.78, 5) is 7.78. The average Bonchev–Trinajstić information content (AvgIpc) is 2.83. The molecule has 1 atom stereocenters. The maximum absolute atomic E-state index is 10.9. The van der Waals surface area contributed by atoms with Gasteiger partial charge < -0.3 is 24.2 Å². The number of hydrogen-bond donors (Lipinski definition) is 2. The lowest BCUT2D eigenvalue weighted by molar-refractivity contribution is 0.103. The van der Waals surface area contributed by atoms with E-state index < -0.39 is 0 Å². The van der Waals surface area contributed by atoms with Crippen LogP contribution in [0.25, 0.3) is 0 Å². The van der Waals surface area contributed by atoms with Crippen molar-refractivity contribution in [3.8, 4) is 23.0 Å². The second-order valence-corrected chi connectivity index (χ2v) is 9.09. The maximum atomic E-state index is 10.9. The van der Waals surface area contributed by atoms with Gasteiger partial charge in [-0.2, -0.15) is 0 Å². The Morgan fingerprint density at radius 1 is 1.00 bits per heavy atom. The van der Waals surface area contributed by atoms with E-state index in [1.54, 1.807) is 27.4 Å². The second-order valence-electron chi connectivity index (χ2n) is 9.09. The first-order chi connectivity index (χ1) is 15.9. The van der Waals surface area contributed by atoms with Gasteiger partial charge >= 0.3 is 0 Å². The third kappa shape index (κ3) is 4.66. The molecule has 178 valence electrons. The monoisotopic (exact) mass is 453 g/mol. The quantitative estimate of drug-likeness (QED) is 0.685. The number of methoxy groups -OCH3 is 3. The molecule has 33 heavy (non-hydrogen) atoms. The van der Waals surface area contributed by atoms with Crippen LogP contribution in [-0.2, 0) is 0 Å². The van der Waals surface area contributed by atoms with Gasteiger partial charge in [-0.1, -0.05) is 12.1 Å². The molecule has 0 bridgehead atoms. The van der Waals surface area contributed by atoms with Crippen LogP contribution in [0.15, 0.2) is 41.4 Å². The van der Waals surface area contributed by atoms with Crippen molar-refractivity contribution >= 4 is 5.71 Å². The van der Waals surface area contributed by atoms with Crippen LogP contribution in [-0.4, -0.2) is 61.8 Å². The highest BCUT2D eigenvalue weighted by molar-refractivity contribution is 6.02. The lowest BCUT2D eigenvalue weighted by atomic mass is 9.87. The van der Waals surface area contributed by atoms with Crippen LogP contribution in [0.2, 0.25) is 0 Å². The molecule has 0 aliphatic carbocycles. The molecule has 1 spiro atoms. The fraction of sp³-hybridized carbons (Fsp3) is 0.500. The number of piperidine rings is 1. The molecule has 0 radical (unpaired) electrons. The average molecular weight is 454 g/mol. The van der Waals surface area contributed by atoms with Crippen molar-refractivity contribution in [2.24, 2.45) is 4.99 Å². The van der Waals surface area contributed by atoms with E-state index in [0.717, 1.165) is 42.8 Å². The predicted molar refractivity (Wildman–Crippen MR) is 130 cm³/mol. The van der Waals surface area contributed by atoms with Gasteiger partial charge in [-0.25, -0.2) is 0 Å². The molecule has 0 aromatic heterocycles. The molecule has 2 aliphatic heterocycles. The number of likely N-dealkylation sites (tertiary alicyclic amines) is 1. The summed E-state index contributed by atoms with van der Waals surface area (Å²) in [6.45, 7) is 6.43. The number of benzene rings is 2. The number of nitrogens with zero attached hydrogens (tertiary/aromatic N) is 2. The summed E-state index contributed by atoms with van der Waals surface area (Å²) >= 11 is 0. The number of phenolic OH excluding ortho intramolecular Hbond substituents is 1. The lowest BCUT2D eigenvalue weighted by Gasteiger charge is -2.46. The predicted octanol–water partition coefficient (Wildman–Crippen LogP) is 4.14. The SMILES string of the molecule is COc1ccc(C2=NC3(CCN(C(C)C)CC3)N[C@H](c3cccc(OC)c3O)C2)cc1OC. The number of ether oxygens (including phenoxy) is 3. The zero-order chi connectivity index (χ0) is 23.6. The molecule has 0 amide bonds. The van der Waals surface area contributed by atoms with Gasteiger partial charge in [0.05, 0.1) is 21.3 Å². The van der Waals surface area contributed by atoms with Gasteiger partial charge in [-0.15, -0.1) is 0 Å². The van der Waals surface area contributed by atoms with Crippen molar-refractivity contribution in [3.05, 3.63) is 47.5 Å². The highest BCUT2D eigenvalue weighted by atomic mass is 16.5. The molecule has 2 heterocycles. The molecular formula is C26H35N3O4. The first kappa shape index (κ1) is 23.4. The number of phenols is 1. The Kier molecular flexibility index (Phi) is 6.81. The van der Waals surface area contributed by atoms with Crippen LogP contribution in [0.4, 0.5) is 0 Å². The van der Waals surface area contributed by atoms with Gasteiger partial charge in [0.2, 0.25) is 0 Å². The van der Waals surface area contributed by atoms with E-state index in [9.17, 15) is 5.11 Å². The van der Waals surface area contributed by atoms with Gasteiger partial charge in [-0.05, 0) is 56.5 Å². The first-order valence-electron chi connectivity index (χ1n) is 11.6. The molecule has 4 rings (SSSR count). The van der Waals surface area contributed by atoms with Crippen molar-refractivity contribution in [2.45, 2.75) is 50.9 Å². The van der Waals surface area contributed by atoms with E-state index >= 15 is 0 Å². The fourth-order valence-corrected chi connectivity index (χ4v) is 4.94. The van der Waals surface area contributed by atoms with Crippen molar-refractivity contribution in [1.82, 2.24) is 10.2 Å². The third-order valence-electron chi connectivity index (χ3n) is 6.89. The second kappa shape index (κ2) is 9.61. The summed E-state index contributed by atoms with van der Waals surface area (Å²) in [5.74, 6) is 2.03. The molecular weight excluding hydrogens is 418 g/mol. The minimum absolute atomic E-state index is 0.0914. The number of hydrogen-bond acceptors (Lipinski definition) is 7. The van der Waals surface area contributed by atoms with E-state index in [-0.39, 0.29) is 17.5 Å². The Hall–Kier alpha value is -2.77.